The number of rotatable bonds is 5. The van der Waals surface area contributed by atoms with Crippen molar-refractivity contribution in [1.29, 1.82) is 0 Å². The average molecular weight is 261 g/mol. The van der Waals surface area contributed by atoms with Gasteiger partial charge in [0.1, 0.15) is 5.82 Å². The molecule has 0 fully saturated rings. The predicted molar refractivity (Wildman–Crippen MR) is 76.0 cm³/mol. The number of aromatic nitrogens is 4. The lowest BCUT2D eigenvalue weighted by molar-refractivity contribution is 0.582. The van der Waals surface area contributed by atoms with E-state index in [-0.39, 0.29) is 0 Å². The molecular formula is C14H23N5. The minimum Gasteiger partial charge on any atom is -0.336 e. The minimum atomic E-state index is 0.483. The Labute approximate surface area is 114 Å². The van der Waals surface area contributed by atoms with Gasteiger partial charge in [-0.1, -0.05) is 13.8 Å². The molecule has 0 amide bonds. The maximum Gasteiger partial charge on any atom is 0.130 e. The summed E-state index contributed by atoms with van der Waals surface area (Å²) in [5.74, 6) is 1.02. The highest BCUT2D eigenvalue weighted by molar-refractivity contribution is 5.24. The van der Waals surface area contributed by atoms with Gasteiger partial charge in [0.25, 0.3) is 0 Å². The zero-order valence-corrected chi connectivity index (χ0v) is 12.4. The number of aryl methyl sites for hydroxylation is 2. The Bertz CT molecular complexity index is 550. The maximum atomic E-state index is 4.63. The van der Waals surface area contributed by atoms with Gasteiger partial charge in [0, 0.05) is 43.3 Å². The van der Waals surface area contributed by atoms with Crippen molar-refractivity contribution in [3.05, 3.63) is 35.2 Å². The fourth-order valence-electron chi connectivity index (χ4n) is 2.13. The molecule has 104 valence electrons. The van der Waals surface area contributed by atoms with Gasteiger partial charge in [-0.2, -0.15) is 5.10 Å². The van der Waals surface area contributed by atoms with Gasteiger partial charge in [0.05, 0.1) is 12.2 Å². The molecule has 0 aromatic carbocycles. The van der Waals surface area contributed by atoms with Crippen LogP contribution in [0.25, 0.3) is 0 Å². The monoisotopic (exact) mass is 261 g/mol. The van der Waals surface area contributed by atoms with Crippen LogP contribution in [0.15, 0.2) is 12.4 Å². The molecule has 5 heteroatoms. The normalized spacial score (nSPS) is 11.5. The molecule has 5 nitrogen and oxygen atoms in total. The summed E-state index contributed by atoms with van der Waals surface area (Å²) < 4.78 is 4.07. The van der Waals surface area contributed by atoms with E-state index in [9.17, 15) is 0 Å². The molecule has 19 heavy (non-hydrogen) atoms. The number of hydrogen-bond donors (Lipinski definition) is 1. The SMILES string of the molecule is Cc1nn(Cc2nccn2C)c(C)c1CNC(C)C. The van der Waals surface area contributed by atoms with Crippen molar-refractivity contribution < 1.29 is 0 Å². The zero-order chi connectivity index (χ0) is 14.0. The van der Waals surface area contributed by atoms with E-state index in [0.717, 1.165) is 24.6 Å². The van der Waals surface area contributed by atoms with Crippen LogP contribution in [0.3, 0.4) is 0 Å². The Kier molecular flexibility index (Phi) is 4.04. The van der Waals surface area contributed by atoms with Crippen molar-refractivity contribution in [2.24, 2.45) is 7.05 Å². The first-order valence-corrected chi connectivity index (χ1v) is 6.71. The average Bonchev–Trinajstić information content (AvgIpc) is 2.84. The van der Waals surface area contributed by atoms with Crippen molar-refractivity contribution in [3.8, 4) is 0 Å². The Hall–Kier alpha value is -1.62. The van der Waals surface area contributed by atoms with Gasteiger partial charge < -0.3 is 9.88 Å². The summed E-state index contributed by atoms with van der Waals surface area (Å²) in [5, 5.41) is 8.08. The highest BCUT2D eigenvalue weighted by atomic mass is 15.3. The first-order chi connectivity index (χ1) is 8.99. The van der Waals surface area contributed by atoms with Crippen LogP contribution in [0, 0.1) is 13.8 Å². The van der Waals surface area contributed by atoms with Crippen molar-refractivity contribution in [1.82, 2.24) is 24.6 Å². The van der Waals surface area contributed by atoms with Crippen molar-refractivity contribution >= 4 is 0 Å². The summed E-state index contributed by atoms with van der Waals surface area (Å²) in [7, 11) is 2.01. The topological polar surface area (TPSA) is 47.7 Å². The van der Waals surface area contributed by atoms with Crippen molar-refractivity contribution in [3.63, 3.8) is 0 Å². The Balaban J connectivity index is 2.19. The lowest BCUT2D eigenvalue weighted by atomic mass is 10.2. The number of hydrogen-bond acceptors (Lipinski definition) is 3. The molecular weight excluding hydrogens is 238 g/mol. The fraction of sp³-hybridized carbons (Fsp3) is 0.571. The third-order valence-corrected chi connectivity index (χ3v) is 3.43. The molecule has 0 unspecified atom stereocenters. The molecule has 0 saturated heterocycles. The number of nitrogens with zero attached hydrogens (tertiary/aromatic N) is 4. The van der Waals surface area contributed by atoms with Gasteiger partial charge in [-0.15, -0.1) is 0 Å². The van der Waals surface area contributed by atoms with E-state index < -0.39 is 0 Å². The van der Waals surface area contributed by atoms with E-state index in [2.05, 4.69) is 43.1 Å². The van der Waals surface area contributed by atoms with Gasteiger partial charge in [-0.25, -0.2) is 4.98 Å². The Morgan fingerprint density at radius 2 is 2.05 bits per heavy atom. The highest BCUT2D eigenvalue weighted by Gasteiger charge is 2.13. The molecule has 0 spiro atoms. The molecule has 0 atom stereocenters. The lowest BCUT2D eigenvalue weighted by Crippen LogP contribution is -2.22. The van der Waals surface area contributed by atoms with Crippen molar-refractivity contribution in [2.75, 3.05) is 0 Å². The molecule has 0 aliphatic rings. The summed E-state index contributed by atoms with van der Waals surface area (Å²) in [4.78, 5) is 4.35. The van der Waals surface area contributed by atoms with E-state index >= 15 is 0 Å². The molecule has 2 aromatic rings. The fourth-order valence-corrected chi connectivity index (χ4v) is 2.13. The van der Waals surface area contributed by atoms with E-state index in [0.29, 0.717) is 6.04 Å². The smallest absolute Gasteiger partial charge is 0.130 e. The second kappa shape index (κ2) is 5.57. The second-order valence-electron chi connectivity index (χ2n) is 5.30. The van der Waals surface area contributed by atoms with Gasteiger partial charge in [-0.05, 0) is 13.8 Å². The van der Waals surface area contributed by atoms with Crippen LogP contribution in [0.4, 0.5) is 0 Å². The van der Waals surface area contributed by atoms with Gasteiger partial charge >= 0.3 is 0 Å². The summed E-state index contributed by atoms with van der Waals surface area (Å²) >= 11 is 0. The number of nitrogens with one attached hydrogen (secondary N) is 1. The first kappa shape index (κ1) is 13.8. The van der Waals surface area contributed by atoms with Crippen LogP contribution < -0.4 is 5.32 Å². The third-order valence-electron chi connectivity index (χ3n) is 3.43. The Morgan fingerprint density at radius 1 is 1.32 bits per heavy atom. The quantitative estimate of drug-likeness (QED) is 0.892. The van der Waals surface area contributed by atoms with Crippen LogP contribution >= 0.6 is 0 Å². The molecule has 0 bridgehead atoms. The summed E-state index contributed by atoms with van der Waals surface area (Å²) in [6.07, 6.45) is 3.78. The first-order valence-electron chi connectivity index (χ1n) is 6.71. The second-order valence-corrected chi connectivity index (χ2v) is 5.30. The lowest BCUT2D eigenvalue weighted by Gasteiger charge is -2.09. The number of imidazole rings is 1. The standard InChI is InChI=1S/C14H23N5/c1-10(2)16-8-13-11(3)17-19(12(13)4)9-14-15-6-7-18(14)5/h6-7,10,16H,8-9H2,1-5H3. The van der Waals surface area contributed by atoms with Crippen LogP contribution in [-0.2, 0) is 20.1 Å². The maximum absolute atomic E-state index is 4.63. The predicted octanol–water partition coefficient (Wildman–Crippen LogP) is 1.78. The Morgan fingerprint density at radius 3 is 2.63 bits per heavy atom. The molecule has 2 aromatic heterocycles. The van der Waals surface area contributed by atoms with E-state index in [1.54, 1.807) is 0 Å². The zero-order valence-electron chi connectivity index (χ0n) is 12.4. The molecule has 1 N–H and O–H groups in total. The van der Waals surface area contributed by atoms with Gasteiger partial charge in [0.2, 0.25) is 0 Å². The molecule has 0 aliphatic heterocycles. The summed E-state index contributed by atoms with van der Waals surface area (Å²) in [6.45, 7) is 10.1. The molecule has 2 rings (SSSR count). The van der Waals surface area contributed by atoms with Crippen LogP contribution in [0.1, 0.15) is 36.6 Å². The van der Waals surface area contributed by atoms with E-state index in [4.69, 9.17) is 0 Å². The van der Waals surface area contributed by atoms with E-state index in [1.165, 1.54) is 11.3 Å². The van der Waals surface area contributed by atoms with Crippen LogP contribution in [0.2, 0.25) is 0 Å². The summed E-state index contributed by atoms with van der Waals surface area (Å²) in [6, 6.07) is 0.483. The highest BCUT2D eigenvalue weighted by Crippen LogP contribution is 2.14. The van der Waals surface area contributed by atoms with Crippen LogP contribution in [-0.4, -0.2) is 25.4 Å². The van der Waals surface area contributed by atoms with Crippen molar-refractivity contribution in [2.45, 2.75) is 46.8 Å². The molecule has 2 heterocycles. The minimum absolute atomic E-state index is 0.483. The summed E-state index contributed by atoms with van der Waals surface area (Å²) in [5.41, 5.74) is 3.61. The third kappa shape index (κ3) is 3.04. The van der Waals surface area contributed by atoms with Gasteiger partial charge in [0.15, 0.2) is 0 Å². The van der Waals surface area contributed by atoms with E-state index in [1.807, 2.05) is 28.7 Å². The molecule has 0 radical (unpaired) electrons. The van der Waals surface area contributed by atoms with Gasteiger partial charge in [-0.3, -0.25) is 4.68 Å². The largest absolute Gasteiger partial charge is 0.336 e. The van der Waals surface area contributed by atoms with Crippen LogP contribution in [0.5, 0.6) is 0 Å². The molecule has 0 aliphatic carbocycles. The molecule has 0 saturated carbocycles.